The number of hydrogen-bond donors (Lipinski definition) is 13. The summed E-state index contributed by atoms with van der Waals surface area (Å²) in [4.78, 5) is 12.1. The van der Waals surface area contributed by atoms with Crippen LogP contribution < -0.4 is 52.1 Å². The summed E-state index contributed by atoms with van der Waals surface area (Å²) in [6.07, 6.45) is 22.9. The van der Waals surface area contributed by atoms with Crippen molar-refractivity contribution in [3.05, 3.63) is 42.4 Å². The number of alkyl carbamates (subject to hydrolysis) is 1. The molecule has 0 aromatic carbocycles. The SMILES string of the molecule is C.C1=CCC=CC1.C1[C@@H]2O[C@@H]2C[C@@H]2O[C@H]12.CC(C)(C)OC(=O)N[C@@H]1C[C@H](N)[C@@H](O)C[C@H]1O.C[C@@H]1C[C@H](C)[C@@H](O)C[C@H]1O.N[C@@H]1C[C@H](N)[C@@H](O)C[C@H]1O.O[C@@H]1CC=CC[C@H]1Br.O[C@@H]1C[C@@H]2O[C@@H]2C[C@H]1Br.[NH-]O.[Na+]. The molecular formula is C50H92Br2N5NaO14. The predicted molar refractivity (Wildman–Crippen MR) is 280 cm³/mol. The maximum atomic E-state index is 11.5. The number of nitrogens with one attached hydrogen (secondary N) is 2. The molecular weight excluding hydrogens is 1080 g/mol. The summed E-state index contributed by atoms with van der Waals surface area (Å²) in [5, 5.41) is 83.2. The molecule has 22 atom stereocenters. The Morgan fingerprint density at radius 3 is 1.28 bits per heavy atom. The summed E-state index contributed by atoms with van der Waals surface area (Å²) < 4.78 is 20.9. The normalized spacial score (nSPS) is 42.0. The van der Waals surface area contributed by atoms with Crippen molar-refractivity contribution in [3.63, 3.8) is 0 Å². The molecule has 0 spiro atoms. The van der Waals surface area contributed by atoms with E-state index in [1.807, 2.05) is 19.9 Å². The number of nitrogens with two attached hydrogens (primary N) is 3. The zero-order valence-corrected chi connectivity index (χ0v) is 47.8. The number of ether oxygens (including phenoxy) is 4. The van der Waals surface area contributed by atoms with Crippen molar-refractivity contribution in [3.8, 4) is 0 Å². The molecule has 3 saturated heterocycles. The van der Waals surface area contributed by atoms with Gasteiger partial charge in [-0.3, -0.25) is 0 Å². The number of rotatable bonds is 1. The van der Waals surface area contributed by atoms with E-state index >= 15 is 0 Å². The quantitative estimate of drug-likeness (QED) is 0.0574. The summed E-state index contributed by atoms with van der Waals surface area (Å²) in [5.74, 6) is 5.47. The summed E-state index contributed by atoms with van der Waals surface area (Å²) in [6.45, 7) is 9.36. The van der Waals surface area contributed by atoms with E-state index in [1.165, 1.54) is 12.8 Å². The molecule has 17 N–H and O–H groups in total. The molecule has 22 heteroatoms. The fourth-order valence-electron chi connectivity index (χ4n) is 8.96. The summed E-state index contributed by atoms with van der Waals surface area (Å²) in [7, 11) is 0. The average molecular weight is 1170 g/mol. The topological polar surface area (TPSA) is 360 Å². The molecule has 8 fully saturated rings. The monoisotopic (exact) mass is 1170 g/mol. The second kappa shape index (κ2) is 34.6. The Balaban J connectivity index is 0.000000424. The van der Waals surface area contributed by atoms with E-state index in [2.05, 4.69) is 67.6 Å². The first-order valence-electron chi connectivity index (χ1n) is 25.0. The van der Waals surface area contributed by atoms with Crippen LogP contribution in [0.2, 0.25) is 0 Å². The second-order valence-corrected chi connectivity index (χ2v) is 23.5. The fraction of sp³-hybridized carbons (Fsp3) is 0.860. The van der Waals surface area contributed by atoms with Crippen molar-refractivity contribution < 1.29 is 99.4 Å². The molecule has 0 aromatic heterocycles. The van der Waals surface area contributed by atoms with Crippen LogP contribution in [0.3, 0.4) is 0 Å². The Kier molecular flexibility index (Phi) is 33.6. The van der Waals surface area contributed by atoms with E-state index in [1.54, 1.807) is 20.8 Å². The van der Waals surface area contributed by atoms with Gasteiger partial charge in [-0.25, -0.2) is 4.79 Å². The molecule has 0 unspecified atom stereocenters. The molecule has 10 aliphatic rings. The van der Waals surface area contributed by atoms with Crippen molar-refractivity contribution in [1.29, 1.82) is 0 Å². The molecule has 19 nitrogen and oxygen atoms in total. The van der Waals surface area contributed by atoms with Crippen LogP contribution in [0.5, 0.6) is 0 Å². The van der Waals surface area contributed by atoms with Gasteiger partial charge < -0.3 is 93.4 Å². The van der Waals surface area contributed by atoms with Gasteiger partial charge in [-0.05, 0) is 90.4 Å². The van der Waals surface area contributed by atoms with Gasteiger partial charge >= 0.3 is 35.7 Å². The number of carbonyl (C=O) groups excluding carboxylic acids is 1. The van der Waals surface area contributed by atoms with E-state index < -0.39 is 48.2 Å². The van der Waals surface area contributed by atoms with Crippen LogP contribution in [0.15, 0.2) is 36.5 Å². The number of fused-ring (bicyclic) bond motifs is 3. The third-order valence-electron chi connectivity index (χ3n) is 13.8. The smallest absolute Gasteiger partial charge is 0.553 e. The molecule has 3 heterocycles. The Hall–Kier alpha value is -0.190. The number of amides is 1. The van der Waals surface area contributed by atoms with Gasteiger partial charge in [-0.1, -0.05) is 89.6 Å². The summed E-state index contributed by atoms with van der Waals surface area (Å²) in [5.41, 5.74) is 16.1. The van der Waals surface area contributed by atoms with Crippen LogP contribution in [-0.4, -0.2) is 177 Å². The molecule has 3 aliphatic heterocycles. The predicted octanol–water partition coefficient (Wildman–Crippen LogP) is 1.06. The first-order chi connectivity index (χ1) is 32.9. The van der Waals surface area contributed by atoms with E-state index in [0.29, 0.717) is 74.1 Å². The number of carbonyl (C=O) groups is 1. The van der Waals surface area contributed by atoms with Crippen molar-refractivity contribution in [2.75, 3.05) is 0 Å². The maximum Gasteiger partial charge on any atom is 1.00 e. The summed E-state index contributed by atoms with van der Waals surface area (Å²) >= 11 is 6.74. The Labute approximate surface area is 467 Å². The van der Waals surface area contributed by atoms with Crippen LogP contribution in [0, 0.1) is 11.8 Å². The van der Waals surface area contributed by atoms with Crippen LogP contribution in [0.25, 0.3) is 5.90 Å². The van der Waals surface area contributed by atoms with Gasteiger partial charge in [0.1, 0.15) is 5.60 Å². The van der Waals surface area contributed by atoms with Gasteiger partial charge in [0.05, 0.1) is 91.5 Å². The minimum Gasteiger partial charge on any atom is -0.553 e. The van der Waals surface area contributed by atoms with Crippen molar-refractivity contribution in [1.82, 2.24) is 5.32 Å². The molecule has 0 radical (unpaired) electrons. The van der Waals surface area contributed by atoms with Gasteiger partial charge in [0, 0.05) is 59.9 Å². The molecule has 1 amide bonds. The first kappa shape index (κ1) is 69.8. The van der Waals surface area contributed by atoms with Gasteiger partial charge in [0.2, 0.25) is 0 Å². The molecule has 72 heavy (non-hydrogen) atoms. The number of aliphatic hydroxyl groups is 8. The number of epoxide rings is 3. The van der Waals surface area contributed by atoms with E-state index in [9.17, 15) is 30.3 Å². The molecule has 7 aliphatic carbocycles. The number of halogens is 2. The van der Waals surface area contributed by atoms with Crippen LogP contribution >= 0.6 is 31.9 Å². The van der Waals surface area contributed by atoms with Crippen molar-refractivity contribution in [2.45, 2.75) is 257 Å². The molecule has 416 valence electrons. The zero-order valence-electron chi connectivity index (χ0n) is 42.6. The van der Waals surface area contributed by atoms with Crippen LogP contribution in [0.4, 0.5) is 4.79 Å². The van der Waals surface area contributed by atoms with Gasteiger partial charge in [-0.15, -0.1) is 0 Å². The number of aliphatic hydroxyl groups excluding tert-OH is 8. The van der Waals surface area contributed by atoms with Crippen molar-refractivity contribution >= 4 is 38.0 Å². The molecule has 0 bridgehead atoms. The maximum absolute atomic E-state index is 11.5. The fourth-order valence-corrected chi connectivity index (χ4v) is 9.97. The number of hydrogen-bond acceptors (Lipinski definition) is 17. The van der Waals surface area contributed by atoms with Crippen LogP contribution in [-0.2, 0) is 18.9 Å². The third-order valence-corrected chi connectivity index (χ3v) is 15.7. The number of allylic oxidation sites excluding steroid dienone is 5. The number of alkyl halides is 2. The van der Waals surface area contributed by atoms with Crippen LogP contribution in [0.1, 0.15) is 132 Å². The molecule has 0 aromatic rings. The third kappa shape index (κ3) is 26.4. The van der Waals surface area contributed by atoms with E-state index in [-0.39, 0.29) is 89.6 Å². The van der Waals surface area contributed by atoms with Gasteiger partial charge in [0.15, 0.2) is 0 Å². The molecule has 5 saturated carbocycles. The average Bonchev–Trinajstić information content (AvgIpc) is 4.24. The Bertz CT molecular complexity index is 1440. The minimum absolute atomic E-state index is 0. The van der Waals surface area contributed by atoms with Crippen molar-refractivity contribution in [2.24, 2.45) is 29.0 Å². The Morgan fingerprint density at radius 2 is 0.917 bits per heavy atom. The van der Waals surface area contributed by atoms with E-state index in [0.717, 1.165) is 44.9 Å². The largest absolute Gasteiger partial charge is 1.00 e. The second-order valence-electron chi connectivity index (χ2n) is 21.1. The standard InChI is InChI=1S/C11H22N2O4.C8H16O2.C6H9BrO2.C6H9BrO.C6H14N2O2.C6H8O2.C6H8.CH4.H2NO.Na/c1-11(2,3)17-10(16)13-7-4-6(12)8(14)5-9(7)15;1-5-3-6(2)8(10)4-7(5)9;7-3-1-5-6(9-5)2-4(3)8;7-5-3-1-2-4-6(5)8;7-3-1-4(8)6(10)2-5(3)9;1-3-5(7-3)2-6-4(1)8-6;1-2-4-6-5-3-1;;1-2;/h6-9,14-15H,4-5,12H2,1-3H3,(H,13,16);5-10H,3-4H2,1-2H3;3-6,8H,1-2H2;1-2,5-6,8H,3-4H2;3-6,9-10H,1-2,7-8H2;3-6H,1-2H2;1-2,5-6H,3-4H2;1H4;1-2H;/q;;;;;;;;-1;+1/t6-,7+,8-,9+;5-,6+,7-,8+;3-,4-,5-,6+;5-,6-;3-,4+,5-,6+;3-,4+,5+,6-;;;;/m0.11....../s1. The Morgan fingerprint density at radius 1 is 0.528 bits per heavy atom. The molecule has 10 rings (SSSR count). The van der Waals surface area contributed by atoms with Gasteiger partial charge in [-0.2, -0.15) is 0 Å². The van der Waals surface area contributed by atoms with Gasteiger partial charge in [0.25, 0.3) is 0 Å². The minimum atomic E-state index is -0.794. The first-order valence-corrected chi connectivity index (χ1v) is 26.9. The zero-order chi connectivity index (χ0) is 52.5. The van der Waals surface area contributed by atoms with E-state index in [4.69, 9.17) is 62.6 Å². The summed E-state index contributed by atoms with van der Waals surface area (Å²) in [6, 6.07) is -1.43.